The molecular formula is C14H15N5O. The molecular weight excluding hydrogens is 254 g/mol. The molecule has 3 aromatic heterocycles. The van der Waals surface area contributed by atoms with Crippen molar-refractivity contribution in [2.75, 3.05) is 0 Å². The number of amides is 1. The number of fused-ring (bicyclic) bond motifs is 3. The van der Waals surface area contributed by atoms with Crippen molar-refractivity contribution in [2.45, 2.75) is 25.8 Å². The summed E-state index contributed by atoms with van der Waals surface area (Å²) in [5, 5.41) is 3.91. The van der Waals surface area contributed by atoms with Crippen LogP contribution in [0.15, 0.2) is 18.5 Å². The van der Waals surface area contributed by atoms with Crippen molar-refractivity contribution >= 4 is 28.0 Å². The van der Waals surface area contributed by atoms with E-state index < -0.39 is 0 Å². The molecule has 6 nitrogen and oxygen atoms in total. The Kier molecular flexibility index (Phi) is 2.48. The number of hydrogen-bond acceptors (Lipinski definition) is 3. The van der Waals surface area contributed by atoms with E-state index in [1.54, 1.807) is 6.20 Å². The van der Waals surface area contributed by atoms with Crippen LogP contribution in [0.5, 0.6) is 0 Å². The van der Waals surface area contributed by atoms with E-state index in [2.05, 4.69) is 25.3 Å². The number of pyridine rings is 1. The molecule has 0 aromatic carbocycles. The van der Waals surface area contributed by atoms with Crippen molar-refractivity contribution < 1.29 is 4.79 Å². The Bertz CT molecular complexity index is 783. The highest BCUT2D eigenvalue weighted by molar-refractivity contribution is 6.00. The molecule has 0 bridgehead atoms. The molecule has 1 amide bonds. The highest BCUT2D eigenvalue weighted by Gasteiger charge is 2.24. The van der Waals surface area contributed by atoms with Gasteiger partial charge in [-0.15, -0.1) is 0 Å². The SMILES string of the molecule is O=C(CC1CC1)NCc1nc2c(cnc3[nH]ccc32)[nH]1. The lowest BCUT2D eigenvalue weighted by Crippen LogP contribution is -2.23. The molecule has 3 N–H and O–H groups in total. The molecule has 0 unspecified atom stereocenters. The number of carbonyl (C=O) groups is 1. The number of nitrogens with one attached hydrogen (secondary N) is 3. The highest BCUT2D eigenvalue weighted by Crippen LogP contribution is 2.32. The van der Waals surface area contributed by atoms with E-state index in [0.29, 0.717) is 18.9 Å². The van der Waals surface area contributed by atoms with Gasteiger partial charge in [0, 0.05) is 18.0 Å². The third-order valence-corrected chi connectivity index (χ3v) is 3.71. The zero-order valence-electron chi connectivity index (χ0n) is 10.9. The fourth-order valence-electron chi connectivity index (χ4n) is 2.45. The average Bonchev–Trinajstić information content (AvgIpc) is 2.98. The van der Waals surface area contributed by atoms with Gasteiger partial charge < -0.3 is 15.3 Å². The molecule has 1 aliphatic rings. The molecule has 1 saturated carbocycles. The minimum atomic E-state index is 0.109. The first-order chi connectivity index (χ1) is 9.79. The van der Waals surface area contributed by atoms with Crippen LogP contribution in [0.4, 0.5) is 0 Å². The van der Waals surface area contributed by atoms with Gasteiger partial charge in [0.2, 0.25) is 5.91 Å². The minimum Gasteiger partial charge on any atom is -0.349 e. The van der Waals surface area contributed by atoms with Gasteiger partial charge in [0.15, 0.2) is 0 Å². The Hall–Kier alpha value is -2.37. The van der Waals surface area contributed by atoms with Crippen LogP contribution >= 0.6 is 0 Å². The maximum atomic E-state index is 11.7. The van der Waals surface area contributed by atoms with Gasteiger partial charge in [0.05, 0.1) is 18.3 Å². The Morgan fingerprint density at radius 3 is 3.20 bits per heavy atom. The summed E-state index contributed by atoms with van der Waals surface area (Å²) in [4.78, 5) is 26.8. The van der Waals surface area contributed by atoms with Crippen LogP contribution in [-0.4, -0.2) is 25.8 Å². The second kappa shape index (κ2) is 4.33. The lowest BCUT2D eigenvalue weighted by Gasteiger charge is -2.01. The largest absolute Gasteiger partial charge is 0.349 e. The summed E-state index contributed by atoms with van der Waals surface area (Å²) < 4.78 is 0. The maximum absolute atomic E-state index is 11.7. The zero-order valence-corrected chi connectivity index (χ0v) is 10.9. The van der Waals surface area contributed by atoms with Crippen molar-refractivity contribution in [1.29, 1.82) is 0 Å². The topological polar surface area (TPSA) is 86.5 Å². The molecule has 1 fully saturated rings. The third kappa shape index (κ3) is 2.03. The summed E-state index contributed by atoms with van der Waals surface area (Å²) in [6, 6.07) is 1.96. The van der Waals surface area contributed by atoms with Gasteiger partial charge in [-0.05, 0) is 24.8 Å². The molecule has 0 aliphatic heterocycles. The van der Waals surface area contributed by atoms with Crippen LogP contribution in [-0.2, 0) is 11.3 Å². The van der Waals surface area contributed by atoms with Gasteiger partial charge in [-0.25, -0.2) is 9.97 Å². The van der Waals surface area contributed by atoms with Gasteiger partial charge >= 0.3 is 0 Å². The zero-order chi connectivity index (χ0) is 13.5. The number of carbonyl (C=O) groups excluding carboxylic acids is 1. The quantitative estimate of drug-likeness (QED) is 0.675. The van der Waals surface area contributed by atoms with Crippen LogP contribution in [0.2, 0.25) is 0 Å². The number of hydrogen-bond donors (Lipinski definition) is 3. The average molecular weight is 269 g/mol. The molecule has 4 rings (SSSR count). The molecule has 0 atom stereocenters. The van der Waals surface area contributed by atoms with Crippen molar-refractivity contribution in [3.63, 3.8) is 0 Å². The third-order valence-electron chi connectivity index (χ3n) is 3.71. The predicted molar refractivity (Wildman–Crippen MR) is 74.9 cm³/mol. The summed E-state index contributed by atoms with van der Waals surface area (Å²) in [5.41, 5.74) is 2.61. The van der Waals surface area contributed by atoms with E-state index in [1.165, 1.54) is 12.8 Å². The van der Waals surface area contributed by atoms with E-state index in [9.17, 15) is 4.79 Å². The van der Waals surface area contributed by atoms with Gasteiger partial charge in [-0.1, -0.05) is 0 Å². The number of rotatable bonds is 4. The summed E-state index contributed by atoms with van der Waals surface area (Å²) in [5.74, 6) is 1.48. The van der Waals surface area contributed by atoms with Crippen molar-refractivity contribution in [1.82, 2.24) is 25.3 Å². The first kappa shape index (κ1) is 11.5. The number of nitrogens with zero attached hydrogens (tertiary/aromatic N) is 2. The van der Waals surface area contributed by atoms with Crippen LogP contribution in [0, 0.1) is 5.92 Å². The minimum absolute atomic E-state index is 0.109. The van der Waals surface area contributed by atoms with Crippen LogP contribution in [0.1, 0.15) is 25.1 Å². The Morgan fingerprint density at radius 1 is 1.45 bits per heavy atom. The number of imidazole rings is 1. The number of H-pyrrole nitrogens is 2. The first-order valence-electron chi connectivity index (χ1n) is 6.87. The van der Waals surface area contributed by atoms with E-state index in [4.69, 9.17) is 0 Å². The molecule has 102 valence electrons. The molecule has 1 aliphatic carbocycles. The molecule has 6 heteroatoms. The standard InChI is InChI=1S/C14H15N5O/c20-12(5-8-1-2-8)16-7-11-18-10-6-17-14-9(3-4-15-14)13(10)19-11/h3-4,6,8H,1-2,5,7H2,(H,15,17)(H,16,20)(H,18,19). The van der Waals surface area contributed by atoms with Crippen LogP contribution in [0.25, 0.3) is 22.1 Å². The summed E-state index contributed by atoms with van der Waals surface area (Å²) in [7, 11) is 0. The van der Waals surface area contributed by atoms with E-state index in [0.717, 1.165) is 27.9 Å². The second-order valence-corrected chi connectivity index (χ2v) is 5.37. The van der Waals surface area contributed by atoms with Crippen LogP contribution < -0.4 is 5.32 Å². The monoisotopic (exact) mass is 269 g/mol. The fraction of sp³-hybridized carbons (Fsp3) is 0.357. The molecule has 0 radical (unpaired) electrons. The highest BCUT2D eigenvalue weighted by atomic mass is 16.1. The summed E-state index contributed by atoms with van der Waals surface area (Å²) in [6.07, 6.45) is 6.63. The number of aromatic nitrogens is 4. The normalized spacial score (nSPS) is 15.0. The second-order valence-electron chi connectivity index (χ2n) is 5.37. The Balaban J connectivity index is 1.55. The van der Waals surface area contributed by atoms with Crippen molar-refractivity contribution in [3.8, 4) is 0 Å². The van der Waals surface area contributed by atoms with Crippen molar-refractivity contribution in [3.05, 3.63) is 24.3 Å². The fourth-order valence-corrected chi connectivity index (χ4v) is 2.45. The van der Waals surface area contributed by atoms with E-state index >= 15 is 0 Å². The van der Waals surface area contributed by atoms with E-state index in [-0.39, 0.29) is 5.91 Å². The predicted octanol–water partition coefficient (Wildman–Crippen LogP) is 1.86. The molecule has 3 aromatic rings. The first-order valence-corrected chi connectivity index (χ1v) is 6.87. The van der Waals surface area contributed by atoms with Gasteiger partial charge in [0.25, 0.3) is 0 Å². The Labute approximate surface area is 115 Å². The molecule has 0 saturated heterocycles. The number of aromatic amines is 2. The maximum Gasteiger partial charge on any atom is 0.220 e. The molecule has 3 heterocycles. The molecule has 0 spiro atoms. The summed E-state index contributed by atoms with van der Waals surface area (Å²) in [6.45, 7) is 0.437. The smallest absolute Gasteiger partial charge is 0.220 e. The Morgan fingerprint density at radius 2 is 2.35 bits per heavy atom. The van der Waals surface area contributed by atoms with Gasteiger partial charge in [0.1, 0.15) is 17.0 Å². The van der Waals surface area contributed by atoms with Gasteiger partial charge in [-0.2, -0.15) is 0 Å². The lowest BCUT2D eigenvalue weighted by atomic mass is 10.3. The van der Waals surface area contributed by atoms with Crippen LogP contribution in [0.3, 0.4) is 0 Å². The van der Waals surface area contributed by atoms with E-state index in [1.807, 2.05) is 12.3 Å². The lowest BCUT2D eigenvalue weighted by molar-refractivity contribution is -0.121. The van der Waals surface area contributed by atoms with Crippen molar-refractivity contribution in [2.24, 2.45) is 5.92 Å². The summed E-state index contributed by atoms with van der Waals surface area (Å²) >= 11 is 0. The van der Waals surface area contributed by atoms with Gasteiger partial charge in [-0.3, -0.25) is 4.79 Å². The molecule has 20 heavy (non-hydrogen) atoms.